The molecule has 168 valence electrons. The number of nitrogens with zero attached hydrogens (tertiary/aromatic N) is 1. The van der Waals surface area contributed by atoms with E-state index in [4.69, 9.17) is 11.6 Å². The van der Waals surface area contributed by atoms with Crippen LogP contribution in [0, 0.1) is 13.8 Å². The van der Waals surface area contributed by atoms with E-state index < -0.39 is 10.0 Å². The summed E-state index contributed by atoms with van der Waals surface area (Å²) in [6.07, 6.45) is 0. The van der Waals surface area contributed by atoms with Crippen molar-refractivity contribution in [2.24, 2.45) is 0 Å². The van der Waals surface area contributed by atoms with Crippen LogP contribution in [-0.2, 0) is 14.8 Å². The molecule has 8 heteroatoms. The maximum atomic E-state index is 13.3. The Kier molecular flexibility index (Phi) is 8.23. The number of hydrogen-bond acceptors (Lipinski definition) is 4. The van der Waals surface area contributed by atoms with Crippen LogP contribution in [0.1, 0.15) is 11.1 Å². The number of thioether (sulfide) groups is 1. The summed E-state index contributed by atoms with van der Waals surface area (Å²) in [6, 6.07) is 21.2. The standard InChI is InChI=1S/C24H25ClN2O3S2/c1-18-6-10-22(11-7-18)31-15-14-26-24(28)17-27(21-5-3-4-20(25)16-21)32(29,30)23-12-8-19(2)9-13-23/h3-13,16H,14-15,17H2,1-2H3,(H,26,28). The molecule has 0 radical (unpaired) electrons. The molecule has 1 N–H and O–H groups in total. The van der Waals surface area contributed by atoms with E-state index in [0.717, 1.165) is 14.8 Å². The quantitative estimate of drug-likeness (QED) is 0.337. The summed E-state index contributed by atoms with van der Waals surface area (Å²) in [7, 11) is -3.95. The van der Waals surface area contributed by atoms with E-state index >= 15 is 0 Å². The van der Waals surface area contributed by atoms with Gasteiger partial charge >= 0.3 is 0 Å². The lowest BCUT2D eigenvalue weighted by atomic mass is 10.2. The van der Waals surface area contributed by atoms with E-state index in [1.54, 1.807) is 54.2 Å². The van der Waals surface area contributed by atoms with Gasteiger partial charge in [-0.15, -0.1) is 11.8 Å². The zero-order valence-electron chi connectivity index (χ0n) is 17.9. The summed E-state index contributed by atoms with van der Waals surface area (Å²) < 4.78 is 27.8. The van der Waals surface area contributed by atoms with Gasteiger partial charge in [0, 0.05) is 22.2 Å². The van der Waals surface area contributed by atoms with Crippen molar-refractivity contribution in [1.82, 2.24) is 5.32 Å². The normalized spacial score (nSPS) is 11.2. The number of sulfonamides is 1. The number of halogens is 1. The molecule has 1 amide bonds. The van der Waals surface area contributed by atoms with Gasteiger partial charge in [-0.2, -0.15) is 0 Å². The minimum atomic E-state index is -3.95. The largest absolute Gasteiger partial charge is 0.354 e. The van der Waals surface area contributed by atoms with Crippen LogP contribution in [0.4, 0.5) is 5.69 Å². The summed E-state index contributed by atoms with van der Waals surface area (Å²) in [4.78, 5) is 13.9. The number of anilines is 1. The van der Waals surface area contributed by atoms with Crippen molar-refractivity contribution in [3.05, 3.63) is 88.9 Å². The van der Waals surface area contributed by atoms with Crippen molar-refractivity contribution in [3.8, 4) is 0 Å². The zero-order chi connectivity index (χ0) is 23.1. The van der Waals surface area contributed by atoms with Crippen LogP contribution in [0.3, 0.4) is 0 Å². The molecule has 5 nitrogen and oxygen atoms in total. The molecule has 32 heavy (non-hydrogen) atoms. The molecule has 0 aliphatic heterocycles. The second-order valence-electron chi connectivity index (χ2n) is 7.32. The lowest BCUT2D eigenvalue weighted by Crippen LogP contribution is -2.41. The third-order valence-electron chi connectivity index (χ3n) is 4.71. The molecule has 3 aromatic rings. The Morgan fingerprint density at radius 1 is 0.969 bits per heavy atom. The van der Waals surface area contributed by atoms with Crippen molar-refractivity contribution < 1.29 is 13.2 Å². The van der Waals surface area contributed by atoms with Crippen molar-refractivity contribution >= 4 is 45.0 Å². The van der Waals surface area contributed by atoms with Crippen LogP contribution in [0.2, 0.25) is 5.02 Å². The van der Waals surface area contributed by atoms with Crippen molar-refractivity contribution in [2.75, 3.05) is 23.1 Å². The molecule has 0 aliphatic rings. The molecule has 0 aromatic heterocycles. The first-order valence-corrected chi connectivity index (χ1v) is 12.9. The molecule has 0 bridgehead atoms. The lowest BCUT2D eigenvalue weighted by molar-refractivity contribution is -0.119. The molecule has 0 saturated carbocycles. The number of amides is 1. The minimum absolute atomic E-state index is 0.116. The molecule has 3 aromatic carbocycles. The Morgan fingerprint density at radius 2 is 1.59 bits per heavy atom. The Hall–Kier alpha value is -2.48. The third kappa shape index (κ3) is 6.51. The lowest BCUT2D eigenvalue weighted by Gasteiger charge is -2.24. The van der Waals surface area contributed by atoms with E-state index in [0.29, 0.717) is 23.0 Å². The number of carbonyl (C=O) groups is 1. The summed E-state index contributed by atoms with van der Waals surface area (Å²) >= 11 is 7.72. The summed E-state index contributed by atoms with van der Waals surface area (Å²) in [5.41, 5.74) is 2.47. The predicted octanol–water partition coefficient (Wildman–Crippen LogP) is 5.06. The number of hydrogen-bond donors (Lipinski definition) is 1. The van der Waals surface area contributed by atoms with Crippen molar-refractivity contribution in [3.63, 3.8) is 0 Å². The van der Waals surface area contributed by atoms with Gasteiger partial charge in [0.15, 0.2) is 0 Å². The van der Waals surface area contributed by atoms with Gasteiger partial charge in [0.25, 0.3) is 10.0 Å². The zero-order valence-corrected chi connectivity index (χ0v) is 20.3. The fraction of sp³-hybridized carbons (Fsp3) is 0.208. The summed E-state index contributed by atoms with van der Waals surface area (Å²) in [6.45, 7) is 4.00. The second-order valence-corrected chi connectivity index (χ2v) is 10.8. The molecule has 0 saturated heterocycles. The molecule has 0 heterocycles. The fourth-order valence-electron chi connectivity index (χ4n) is 2.96. The Labute approximate surface area is 198 Å². The van der Waals surface area contributed by atoms with Gasteiger partial charge in [-0.05, 0) is 56.3 Å². The predicted molar refractivity (Wildman–Crippen MR) is 132 cm³/mol. The fourth-order valence-corrected chi connectivity index (χ4v) is 5.33. The Balaban J connectivity index is 1.70. The van der Waals surface area contributed by atoms with E-state index in [1.165, 1.54) is 11.6 Å². The van der Waals surface area contributed by atoms with Crippen molar-refractivity contribution in [1.29, 1.82) is 0 Å². The Morgan fingerprint density at radius 3 is 2.22 bits per heavy atom. The molecule has 0 unspecified atom stereocenters. The Bertz CT molecular complexity index is 1160. The maximum Gasteiger partial charge on any atom is 0.264 e. The molecule has 3 rings (SSSR count). The number of nitrogens with one attached hydrogen (secondary N) is 1. The first-order valence-electron chi connectivity index (χ1n) is 10.1. The smallest absolute Gasteiger partial charge is 0.264 e. The van der Waals surface area contributed by atoms with Crippen LogP contribution in [0.15, 0.2) is 82.6 Å². The maximum absolute atomic E-state index is 13.3. The van der Waals surface area contributed by atoms with Gasteiger partial charge in [0.1, 0.15) is 6.54 Å². The molecule has 0 atom stereocenters. The van der Waals surface area contributed by atoms with Gasteiger partial charge in [-0.3, -0.25) is 9.10 Å². The first kappa shape index (κ1) is 24.2. The number of benzene rings is 3. The van der Waals surface area contributed by atoms with Crippen LogP contribution >= 0.6 is 23.4 Å². The summed E-state index contributed by atoms with van der Waals surface area (Å²) in [5, 5.41) is 3.20. The van der Waals surface area contributed by atoms with Gasteiger partial charge in [0.2, 0.25) is 5.91 Å². The molecular weight excluding hydrogens is 464 g/mol. The van der Waals surface area contributed by atoms with E-state index in [2.05, 4.69) is 5.32 Å². The first-order chi connectivity index (χ1) is 15.3. The highest BCUT2D eigenvalue weighted by atomic mass is 35.5. The highest BCUT2D eigenvalue weighted by molar-refractivity contribution is 7.99. The van der Waals surface area contributed by atoms with Crippen LogP contribution in [-0.4, -0.2) is 33.2 Å². The molecule has 0 fully saturated rings. The highest BCUT2D eigenvalue weighted by Gasteiger charge is 2.27. The van der Waals surface area contributed by atoms with E-state index in [1.807, 2.05) is 38.1 Å². The average Bonchev–Trinajstić information content (AvgIpc) is 2.76. The van der Waals surface area contributed by atoms with Gasteiger partial charge in [-0.1, -0.05) is 53.1 Å². The molecular formula is C24H25ClN2O3S2. The van der Waals surface area contributed by atoms with Crippen molar-refractivity contribution in [2.45, 2.75) is 23.6 Å². The highest BCUT2D eigenvalue weighted by Crippen LogP contribution is 2.26. The summed E-state index contributed by atoms with van der Waals surface area (Å²) in [5.74, 6) is 0.293. The van der Waals surface area contributed by atoms with Crippen LogP contribution in [0.5, 0.6) is 0 Å². The minimum Gasteiger partial charge on any atom is -0.354 e. The average molecular weight is 489 g/mol. The second kappa shape index (κ2) is 10.9. The van der Waals surface area contributed by atoms with E-state index in [-0.39, 0.29) is 17.3 Å². The number of rotatable bonds is 9. The third-order valence-corrected chi connectivity index (χ3v) is 7.74. The van der Waals surface area contributed by atoms with Crippen LogP contribution in [0.25, 0.3) is 0 Å². The molecule has 0 spiro atoms. The monoisotopic (exact) mass is 488 g/mol. The van der Waals surface area contributed by atoms with Gasteiger partial charge in [-0.25, -0.2) is 8.42 Å². The molecule has 0 aliphatic carbocycles. The van der Waals surface area contributed by atoms with E-state index in [9.17, 15) is 13.2 Å². The number of aryl methyl sites for hydroxylation is 2. The van der Waals surface area contributed by atoms with Gasteiger partial charge in [0.05, 0.1) is 10.6 Å². The SMILES string of the molecule is Cc1ccc(SCCNC(=O)CN(c2cccc(Cl)c2)S(=O)(=O)c2ccc(C)cc2)cc1. The topological polar surface area (TPSA) is 66.5 Å². The van der Waals surface area contributed by atoms with Crippen LogP contribution < -0.4 is 9.62 Å². The number of carbonyl (C=O) groups excluding carboxylic acids is 1. The van der Waals surface area contributed by atoms with Gasteiger partial charge < -0.3 is 5.32 Å².